The first kappa shape index (κ1) is 13.8. The number of rotatable bonds is 6. The normalized spacial score (nSPS) is 19.4. The molecule has 3 nitrogen and oxygen atoms in total. The predicted molar refractivity (Wildman–Crippen MR) is 68.2 cm³/mol. The van der Waals surface area contributed by atoms with Crippen LogP contribution in [0.5, 0.6) is 0 Å². The van der Waals surface area contributed by atoms with E-state index in [0.29, 0.717) is 0 Å². The molecule has 0 radical (unpaired) electrons. The van der Waals surface area contributed by atoms with Crippen molar-refractivity contribution < 1.29 is 0 Å². The minimum atomic E-state index is -1.42. The first-order valence-corrected chi connectivity index (χ1v) is 11.6. The Morgan fingerprint density at radius 1 is 1.07 bits per heavy atom. The zero-order valence-corrected chi connectivity index (χ0v) is 14.2. The summed E-state index contributed by atoms with van der Waals surface area (Å²) in [4.78, 5) is 2.54. The van der Waals surface area contributed by atoms with Gasteiger partial charge in [-0.2, -0.15) is 0 Å². The van der Waals surface area contributed by atoms with Crippen LogP contribution in [-0.4, -0.2) is 79.5 Å². The van der Waals surface area contributed by atoms with Crippen molar-refractivity contribution in [2.45, 2.75) is 24.4 Å². The van der Waals surface area contributed by atoms with Gasteiger partial charge in [0.1, 0.15) is 0 Å². The summed E-state index contributed by atoms with van der Waals surface area (Å²) in [5.74, 6) is 0. The molecule has 0 atom stereocenters. The average Bonchev–Trinajstić information content (AvgIpc) is 2.55. The monoisotopic (exact) mass is 315 g/mol. The fourth-order valence-corrected chi connectivity index (χ4v) is 10.8. The molecule has 0 N–H and O–H groups in total. The van der Waals surface area contributed by atoms with Crippen molar-refractivity contribution in [1.29, 1.82) is 0 Å². The molecule has 88 valence electrons. The number of likely N-dealkylation sites (N-methyl/N-ethyl adjacent to an activating group) is 2. The van der Waals surface area contributed by atoms with Gasteiger partial charge in [-0.3, -0.25) is 0 Å². The van der Waals surface area contributed by atoms with Gasteiger partial charge in [0.25, 0.3) is 0 Å². The molecule has 1 saturated heterocycles. The van der Waals surface area contributed by atoms with Crippen molar-refractivity contribution in [2.75, 3.05) is 46.8 Å². The maximum absolute atomic E-state index is 2.68. The van der Waals surface area contributed by atoms with E-state index in [4.69, 9.17) is 0 Å². The molecule has 0 aromatic carbocycles. The second kappa shape index (κ2) is 7.15. The molecular formula is C11H26InN3. The summed E-state index contributed by atoms with van der Waals surface area (Å²) in [6.45, 7) is 10.9. The molecule has 0 bridgehead atoms. The Labute approximate surface area is 104 Å². The van der Waals surface area contributed by atoms with Crippen molar-refractivity contribution in [3.63, 3.8) is 0 Å². The summed E-state index contributed by atoms with van der Waals surface area (Å²) >= 11 is -1.42. The quantitative estimate of drug-likeness (QED) is 0.726. The van der Waals surface area contributed by atoms with E-state index >= 15 is 0 Å². The van der Waals surface area contributed by atoms with Crippen LogP contribution in [0.25, 0.3) is 0 Å². The molecule has 0 aromatic heterocycles. The van der Waals surface area contributed by atoms with Crippen LogP contribution in [0.3, 0.4) is 0 Å². The first-order valence-electron chi connectivity index (χ1n) is 6.31. The number of nitrogens with zero attached hydrogens (tertiary/aromatic N) is 3. The van der Waals surface area contributed by atoms with Crippen LogP contribution in [0.1, 0.15) is 20.3 Å². The molecule has 15 heavy (non-hydrogen) atoms. The van der Waals surface area contributed by atoms with Gasteiger partial charge in [0.2, 0.25) is 0 Å². The van der Waals surface area contributed by atoms with Crippen LogP contribution in [0, 0.1) is 0 Å². The van der Waals surface area contributed by atoms with Crippen LogP contribution in [0.2, 0.25) is 4.18 Å². The summed E-state index contributed by atoms with van der Waals surface area (Å²) in [6.07, 6.45) is 1.41. The Balaban J connectivity index is 2.18. The van der Waals surface area contributed by atoms with Crippen LogP contribution < -0.4 is 0 Å². The number of hydrogen-bond acceptors (Lipinski definition) is 3. The molecule has 1 heterocycles. The molecule has 1 rings (SSSR count). The predicted octanol–water partition coefficient (Wildman–Crippen LogP) is 1.08. The van der Waals surface area contributed by atoms with E-state index in [1.54, 1.807) is 0 Å². The van der Waals surface area contributed by atoms with E-state index in [-0.39, 0.29) is 0 Å². The van der Waals surface area contributed by atoms with E-state index in [1.807, 2.05) is 0 Å². The topological polar surface area (TPSA) is 9.72 Å². The van der Waals surface area contributed by atoms with Gasteiger partial charge < -0.3 is 0 Å². The third kappa shape index (κ3) is 4.25. The second-order valence-corrected chi connectivity index (χ2v) is 14.0. The summed E-state index contributed by atoms with van der Waals surface area (Å²) in [6, 6.07) is 0. The molecule has 1 fully saturated rings. The summed E-state index contributed by atoms with van der Waals surface area (Å²) in [7, 11) is 4.67. The van der Waals surface area contributed by atoms with Gasteiger partial charge in [0, 0.05) is 0 Å². The SMILES string of the molecule is CCN(CC)CC[CH2][In]1[N](C)CC[N]1C. The van der Waals surface area contributed by atoms with Gasteiger partial charge in [-0.1, -0.05) is 0 Å². The standard InChI is InChI=1S/C7H16N.C4H10N2.In/c1-4-7-8(5-2)6-3;1-5-3-4-6-2;/h1,4-7H2,2-3H3;3-4H2,1-2H3;/q;-2;+2. The Morgan fingerprint density at radius 2 is 1.60 bits per heavy atom. The van der Waals surface area contributed by atoms with Gasteiger partial charge >= 0.3 is 104 Å². The zero-order valence-electron chi connectivity index (χ0n) is 10.9. The van der Waals surface area contributed by atoms with Crippen molar-refractivity contribution in [3.8, 4) is 0 Å². The molecule has 1 aliphatic heterocycles. The van der Waals surface area contributed by atoms with Crippen LogP contribution >= 0.6 is 0 Å². The van der Waals surface area contributed by atoms with Crippen molar-refractivity contribution in [2.24, 2.45) is 0 Å². The van der Waals surface area contributed by atoms with Crippen LogP contribution in [0.15, 0.2) is 0 Å². The molecule has 4 heteroatoms. The van der Waals surface area contributed by atoms with Crippen LogP contribution in [0.4, 0.5) is 0 Å². The fraction of sp³-hybridized carbons (Fsp3) is 1.00. The van der Waals surface area contributed by atoms with E-state index in [0.717, 1.165) is 0 Å². The third-order valence-corrected chi connectivity index (χ3v) is 13.6. The van der Waals surface area contributed by atoms with Crippen molar-refractivity contribution in [3.05, 3.63) is 0 Å². The second-order valence-electron chi connectivity index (χ2n) is 4.61. The van der Waals surface area contributed by atoms with E-state index in [9.17, 15) is 0 Å². The summed E-state index contributed by atoms with van der Waals surface area (Å²) in [5.41, 5.74) is 0. The van der Waals surface area contributed by atoms with Crippen molar-refractivity contribution >= 4 is 22.0 Å². The van der Waals surface area contributed by atoms with Crippen molar-refractivity contribution in [1.82, 2.24) is 10.7 Å². The molecule has 1 aliphatic rings. The molecule has 0 amide bonds. The molecule has 0 aromatic rings. The minimum absolute atomic E-state index is 1.21. The van der Waals surface area contributed by atoms with E-state index in [2.05, 4.69) is 38.6 Å². The Morgan fingerprint density at radius 3 is 2.07 bits per heavy atom. The van der Waals surface area contributed by atoms with Gasteiger partial charge in [0.05, 0.1) is 0 Å². The Kier molecular flexibility index (Phi) is 6.58. The zero-order chi connectivity index (χ0) is 11.3. The molecule has 0 aliphatic carbocycles. The Bertz CT molecular complexity index is 163. The average molecular weight is 315 g/mol. The van der Waals surface area contributed by atoms with Gasteiger partial charge in [-0.05, 0) is 0 Å². The van der Waals surface area contributed by atoms with E-state index < -0.39 is 22.0 Å². The van der Waals surface area contributed by atoms with E-state index in [1.165, 1.54) is 43.3 Å². The maximum atomic E-state index is 2.68. The third-order valence-electron chi connectivity index (χ3n) is 3.65. The first-order chi connectivity index (χ1) is 7.19. The van der Waals surface area contributed by atoms with Gasteiger partial charge in [0.15, 0.2) is 0 Å². The van der Waals surface area contributed by atoms with Gasteiger partial charge in [-0.25, -0.2) is 0 Å². The molecule has 0 unspecified atom stereocenters. The molecule has 0 spiro atoms. The molecular weight excluding hydrogens is 289 g/mol. The summed E-state index contributed by atoms with van der Waals surface area (Å²) in [5, 5.41) is 0. The Hall–Kier alpha value is 0.750. The van der Waals surface area contributed by atoms with Crippen LogP contribution in [-0.2, 0) is 0 Å². The van der Waals surface area contributed by atoms with Gasteiger partial charge in [-0.15, -0.1) is 0 Å². The molecule has 0 saturated carbocycles. The fourth-order valence-electron chi connectivity index (χ4n) is 2.43. The number of hydrogen-bond donors (Lipinski definition) is 0. The summed E-state index contributed by atoms with van der Waals surface area (Å²) < 4.78 is 6.89.